The van der Waals surface area contributed by atoms with E-state index in [0.717, 1.165) is 23.3 Å². The summed E-state index contributed by atoms with van der Waals surface area (Å²) in [5.74, 6) is -18.4. The largest absolute Gasteiger partial charge is 0.481 e. The number of nitrogens with one attached hydrogen (secondary N) is 12. The number of urea groups is 1. The number of fused-ring (bicyclic) bond motifs is 1. The summed E-state index contributed by atoms with van der Waals surface area (Å²) >= 11 is 0. The summed E-state index contributed by atoms with van der Waals surface area (Å²) in [5, 5.41) is 77.5. The van der Waals surface area contributed by atoms with Crippen molar-refractivity contribution in [2.45, 2.75) is 191 Å². The highest BCUT2D eigenvalue weighted by molar-refractivity contribution is 5.98. The molecule has 0 bridgehead atoms. The van der Waals surface area contributed by atoms with E-state index in [-0.39, 0.29) is 44.7 Å². The van der Waals surface area contributed by atoms with Crippen LogP contribution in [0.2, 0.25) is 0 Å². The minimum absolute atomic E-state index is 0.0297. The number of hydrogen-bond donors (Lipinski definition) is 19. The molecular weight excluding hydrogens is 1320 g/mol. The van der Waals surface area contributed by atoms with Gasteiger partial charge in [0.2, 0.25) is 70.9 Å². The number of primary amides is 2. The molecular formula is C63H90N14O23. The van der Waals surface area contributed by atoms with Gasteiger partial charge in [0.25, 0.3) is 0 Å². The first kappa shape index (κ1) is 83.2. The normalized spacial score (nSPS) is 15.9. The number of aliphatic carboxylic acids is 5. The third kappa shape index (κ3) is 31.9. The molecule has 1 fully saturated rings. The van der Waals surface area contributed by atoms with Crippen LogP contribution in [0.5, 0.6) is 0 Å². The molecule has 21 N–H and O–H groups in total. The Balaban J connectivity index is 1.65. The van der Waals surface area contributed by atoms with Crippen LogP contribution >= 0.6 is 0 Å². The molecule has 1 aliphatic carbocycles. The van der Waals surface area contributed by atoms with Gasteiger partial charge < -0.3 is 101 Å². The van der Waals surface area contributed by atoms with E-state index in [4.69, 9.17) is 16.6 Å². The summed E-state index contributed by atoms with van der Waals surface area (Å²) < 4.78 is 0. The van der Waals surface area contributed by atoms with Crippen LogP contribution in [0.15, 0.2) is 42.5 Å². The van der Waals surface area contributed by atoms with Gasteiger partial charge in [-0.3, -0.25) is 71.9 Å². The molecule has 0 unspecified atom stereocenters. The van der Waals surface area contributed by atoms with Gasteiger partial charge in [-0.25, -0.2) is 14.4 Å². The van der Waals surface area contributed by atoms with Gasteiger partial charge in [-0.15, -0.1) is 0 Å². The van der Waals surface area contributed by atoms with Crippen molar-refractivity contribution < 1.29 is 112 Å². The number of rotatable bonds is 45. The summed E-state index contributed by atoms with van der Waals surface area (Å²) in [6.07, 6.45) is -4.01. The molecule has 9 atom stereocenters. The Kier molecular flexibility index (Phi) is 35.4. The maximum absolute atomic E-state index is 13.9. The van der Waals surface area contributed by atoms with Gasteiger partial charge >= 0.3 is 35.9 Å². The van der Waals surface area contributed by atoms with Crippen LogP contribution in [-0.2, 0) is 87.9 Å². The van der Waals surface area contributed by atoms with E-state index < -0.39 is 238 Å². The lowest BCUT2D eigenvalue weighted by molar-refractivity contribution is -0.141. The Morgan fingerprint density at radius 3 is 1.37 bits per heavy atom. The molecule has 1 aliphatic rings. The van der Waals surface area contributed by atoms with E-state index in [0.29, 0.717) is 25.7 Å². The Hall–Kier alpha value is -11.0. The van der Waals surface area contributed by atoms with E-state index in [9.17, 15) is 107 Å². The first-order valence-electron chi connectivity index (χ1n) is 32.3. The fourth-order valence-electron chi connectivity index (χ4n) is 10.4. The molecule has 0 heterocycles. The SMILES string of the molecule is CC(=O)N[C@@H](C)C(=O)N[C@@H](C)C(=O)N[C@@H](CCC(N)=O)C(=O)N[C@@H](CCC(N)=O)C(=O)N[C@@H](CCC(=O)O)C(=O)N[C@@H](CCC(=O)O)C(=O)NCC(=O)NCC1CCC(C(=O)N[C@@H](Cc2ccc3ccccc3c2)C(=O)NCCCC[C@H](NC(=O)N[C@@H](CCC(=O)O)C(=O)O)C(=O)O)CC1. The molecule has 2 aromatic carbocycles. The van der Waals surface area contributed by atoms with Gasteiger partial charge in [-0.2, -0.15) is 0 Å². The van der Waals surface area contributed by atoms with Crippen LogP contribution in [0.25, 0.3) is 10.8 Å². The van der Waals surface area contributed by atoms with Crippen molar-refractivity contribution in [2.24, 2.45) is 23.3 Å². The first-order chi connectivity index (χ1) is 47.1. The number of unbranched alkanes of at least 4 members (excludes halogenated alkanes) is 1. The van der Waals surface area contributed by atoms with Gasteiger partial charge in [0.15, 0.2) is 0 Å². The molecule has 0 radical (unpaired) electrons. The quantitative estimate of drug-likeness (QED) is 0.0286. The van der Waals surface area contributed by atoms with Crippen molar-refractivity contribution >= 4 is 118 Å². The molecule has 0 spiro atoms. The predicted octanol–water partition coefficient (Wildman–Crippen LogP) is -3.51. The van der Waals surface area contributed by atoms with Gasteiger partial charge in [0.1, 0.15) is 54.4 Å². The van der Waals surface area contributed by atoms with Crippen molar-refractivity contribution in [3.63, 3.8) is 0 Å². The average molecular weight is 1410 g/mol. The Labute approximate surface area is 573 Å². The zero-order valence-corrected chi connectivity index (χ0v) is 55.5. The van der Waals surface area contributed by atoms with Gasteiger partial charge in [-0.1, -0.05) is 42.5 Å². The van der Waals surface area contributed by atoms with Crippen molar-refractivity contribution in [3.8, 4) is 0 Å². The molecule has 0 saturated heterocycles. The molecule has 550 valence electrons. The van der Waals surface area contributed by atoms with Crippen molar-refractivity contribution in [2.75, 3.05) is 19.6 Å². The summed E-state index contributed by atoms with van der Waals surface area (Å²) in [6.45, 7) is 3.13. The molecule has 3 rings (SSSR count). The highest BCUT2D eigenvalue weighted by Gasteiger charge is 2.35. The van der Waals surface area contributed by atoms with Crippen LogP contribution in [0.4, 0.5) is 4.79 Å². The molecule has 2 aromatic rings. The number of carbonyl (C=O) groups is 18. The lowest BCUT2D eigenvalue weighted by atomic mass is 9.81. The van der Waals surface area contributed by atoms with Gasteiger partial charge in [0.05, 0.1) is 6.54 Å². The number of nitrogens with two attached hydrogens (primary N) is 2. The van der Waals surface area contributed by atoms with Crippen LogP contribution in [0.3, 0.4) is 0 Å². The standard InChI is InChI=1S/C63H90N14O23/c1-32(69-34(3)78)53(88)70-33(2)54(89)71-41(17-22-47(64)79)58(93)73-42(18-23-48(65)80)59(94)74-43(20-25-51(84)85)60(95)72-40(19-24-50(82)83)56(91)68-31-49(81)67-30-35-11-15-38(16-12-35)55(90)75-46(29-36-13-14-37-8-4-5-9-39(37)28-36)57(92)66-27-7-6-10-44(61(96)97)76-63(100)77-45(62(98)99)21-26-52(86)87/h4-5,8-9,13-14,28,32-33,35,38,40-46H,6-7,10-12,15-27,29-31H2,1-3H3,(H2,64,79)(H2,65,80)(H,66,92)(H,67,81)(H,68,91)(H,69,78)(H,70,88)(H,71,89)(H,72,95)(H,73,93)(H,74,94)(H,75,90)(H,82,83)(H,84,85)(H,86,87)(H,96,97)(H,98,99)(H2,76,77,100)/t32-,33-,35?,38?,40-,41-,42-,43-,44-,45-,46-/m0/s1. The van der Waals surface area contributed by atoms with E-state index in [1.54, 1.807) is 0 Å². The van der Waals surface area contributed by atoms with Crippen LogP contribution in [-0.4, -0.2) is 206 Å². The number of benzene rings is 2. The Morgan fingerprint density at radius 1 is 0.440 bits per heavy atom. The van der Waals surface area contributed by atoms with Crippen molar-refractivity contribution in [1.29, 1.82) is 0 Å². The summed E-state index contributed by atoms with van der Waals surface area (Å²) in [5.41, 5.74) is 11.3. The van der Waals surface area contributed by atoms with E-state index in [2.05, 4.69) is 63.8 Å². The summed E-state index contributed by atoms with van der Waals surface area (Å²) in [4.78, 5) is 227. The molecule has 37 heteroatoms. The Bertz CT molecular complexity index is 3310. The maximum Gasteiger partial charge on any atom is 0.326 e. The van der Waals surface area contributed by atoms with Gasteiger partial charge in [-0.05, 0) is 113 Å². The number of carbonyl (C=O) groups excluding carboxylic acids is 13. The molecule has 37 nitrogen and oxygen atoms in total. The van der Waals surface area contributed by atoms with Crippen LogP contribution in [0.1, 0.15) is 135 Å². The monoisotopic (exact) mass is 1410 g/mol. The van der Waals surface area contributed by atoms with Crippen LogP contribution < -0.4 is 75.3 Å². The topological polar surface area (TPSA) is 605 Å². The fourth-order valence-corrected chi connectivity index (χ4v) is 10.4. The number of carboxylic acid groups (broad SMARTS) is 5. The number of carboxylic acids is 5. The molecule has 1 saturated carbocycles. The molecule has 100 heavy (non-hydrogen) atoms. The minimum atomic E-state index is -1.84. The summed E-state index contributed by atoms with van der Waals surface area (Å²) in [6, 6.07) is -1.61. The molecule has 0 aliphatic heterocycles. The maximum atomic E-state index is 13.9. The molecule has 14 amide bonds. The minimum Gasteiger partial charge on any atom is -0.481 e. The average Bonchev–Trinajstić information content (AvgIpc) is 0.839. The van der Waals surface area contributed by atoms with E-state index in [1.165, 1.54) is 13.8 Å². The zero-order chi connectivity index (χ0) is 74.8. The van der Waals surface area contributed by atoms with E-state index >= 15 is 0 Å². The third-order valence-electron chi connectivity index (χ3n) is 15.9. The van der Waals surface area contributed by atoms with Crippen molar-refractivity contribution in [1.82, 2.24) is 63.8 Å². The highest BCUT2D eigenvalue weighted by Crippen LogP contribution is 2.29. The third-order valence-corrected chi connectivity index (χ3v) is 15.9. The summed E-state index contributed by atoms with van der Waals surface area (Å²) in [7, 11) is 0. The number of hydrogen-bond acceptors (Lipinski definition) is 18. The highest BCUT2D eigenvalue weighted by atomic mass is 16.4. The smallest absolute Gasteiger partial charge is 0.326 e. The second-order valence-electron chi connectivity index (χ2n) is 24.1. The van der Waals surface area contributed by atoms with Crippen molar-refractivity contribution in [3.05, 3.63) is 48.0 Å². The number of amides is 14. The Morgan fingerprint density at radius 2 is 0.880 bits per heavy atom. The predicted molar refractivity (Wildman–Crippen MR) is 348 cm³/mol. The lowest BCUT2D eigenvalue weighted by Crippen LogP contribution is -2.59. The second-order valence-corrected chi connectivity index (χ2v) is 24.1. The second kappa shape index (κ2) is 42.6. The molecule has 0 aromatic heterocycles. The van der Waals surface area contributed by atoms with Gasteiger partial charge in [0, 0.05) is 64.5 Å². The first-order valence-corrected chi connectivity index (χ1v) is 32.3. The lowest BCUT2D eigenvalue weighted by Gasteiger charge is -2.29. The van der Waals surface area contributed by atoms with Crippen LogP contribution in [0, 0.1) is 11.8 Å². The fraction of sp³-hybridized carbons (Fsp3) is 0.556. The van der Waals surface area contributed by atoms with E-state index in [1.807, 2.05) is 42.5 Å². The zero-order valence-electron chi connectivity index (χ0n) is 55.5.